The number of pyridine rings is 1. The molecule has 0 saturated heterocycles. The van der Waals surface area contributed by atoms with E-state index in [4.69, 9.17) is 5.73 Å². The number of aromatic nitrogens is 1. The molecule has 2 nitrogen and oxygen atoms in total. The summed E-state index contributed by atoms with van der Waals surface area (Å²) in [4.78, 5) is 5.68. The molecule has 0 amide bonds. The van der Waals surface area contributed by atoms with Crippen molar-refractivity contribution >= 4 is 11.8 Å². The van der Waals surface area contributed by atoms with Crippen LogP contribution in [0.2, 0.25) is 0 Å². The Morgan fingerprint density at radius 3 is 2.44 bits per heavy atom. The second-order valence-electron chi connectivity index (χ2n) is 4.18. The minimum atomic E-state index is 0.116. The topological polar surface area (TPSA) is 38.9 Å². The van der Waals surface area contributed by atoms with Crippen molar-refractivity contribution in [2.75, 3.05) is 0 Å². The Morgan fingerprint density at radius 2 is 1.83 bits per heavy atom. The number of nitrogens with zero attached hydrogens (tertiary/aromatic N) is 1. The predicted molar refractivity (Wildman–Crippen MR) is 77.5 cm³/mol. The van der Waals surface area contributed by atoms with Gasteiger partial charge in [-0.05, 0) is 30.7 Å². The number of rotatable bonds is 5. The van der Waals surface area contributed by atoms with Crippen LogP contribution in [0.4, 0.5) is 0 Å². The van der Waals surface area contributed by atoms with Crippen molar-refractivity contribution in [3.05, 3.63) is 60.4 Å². The maximum atomic E-state index is 6.24. The van der Waals surface area contributed by atoms with Gasteiger partial charge >= 0.3 is 0 Å². The largest absolute Gasteiger partial charge is 0.326 e. The average molecular weight is 258 g/mol. The van der Waals surface area contributed by atoms with Gasteiger partial charge in [0.2, 0.25) is 0 Å². The van der Waals surface area contributed by atoms with Gasteiger partial charge in [-0.3, -0.25) is 4.98 Å². The summed E-state index contributed by atoms with van der Waals surface area (Å²) in [5, 5.41) is 0.207. The van der Waals surface area contributed by atoms with Gasteiger partial charge in [-0.1, -0.05) is 31.2 Å². The average Bonchev–Trinajstić information content (AvgIpc) is 2.46. The summed E-state index contributed by atoms with van der Waals surface area (Å²) < 4.78 is 0. The molecule has 2 unspecified atom stereocenters. The highest BCUT2D eigenvalue weighted by molar-refractivity contribution is 7.99. The second-order valence-corrected chi connectivity index (χ2v) is 5.39. The van der Waals surface area contributed by atoms with Crippen LogP contribution in [-0.2, 0) is 0 Å². The summed E-state index contributed by atoms with van der Waals surface area (Å²) in [6.45, 7) is 2.12. The van der Waals surface area contributed by atoms with Crippen molar-refractivity contribution in [3.63, 3.8) is 0 Å². The van der Waals surface area contributed by atoms with Gasteiger partial charge in [-0.15, -0.1) is 11.8 Å². The minimum Gasteiger partial charge on any atom is -0.326 e. The zero-order chi connectivity index (χ0) is 12.8. The standard InChI is InChI=1S/C15H18N2S/c1-2-13(16)15(14-10-6-7-11-17-14)18-12-8-4-3-5-9-12/h3-11,13,15H,2,16H2,1H3. The number of thioether (sulfide) groups is 1. The highest BCUT2D eigenvalue weighted by Gasteiger charge is 2.20. The van der Waals surface area contributed by atoms with Crippen molar-refractivity contribution in [3.8, 4) is 0 Å². The van der Waals surface area contributed by atoms with Crippen molar-refractivity contribution in [2.24, 2.45) is 5.73 Å². The van der Waals surface area contributed by atoms with Crippen LogP contribution in [0.25, 0.3) is 0 Å². The first kappa shape index (κ1) is 13.1. The van der Waals surface area contributed by atoms with Gasteiger partial charge in [0.1, 0.15) is 0 Å². The van der Waals surface area contributed by atoms with Crippen LogP contribution in [0, 0.1) is 0 Å². The molecule has 0 aliphatic rings. The molecule has 0 bridgehead atoms. The third kappa shape index (κ3) is 3.34. The Kier molecular flexibility index (Phi) is 4.79. The molecule has 0 aliphatic carbocycles. The number of hydrogen-bond acceptors (Lipinski definition) is 3. The Bertz CT molecular complexity index is 458. The molecule has 1 aromatic carbocycles. The van der Waals surface area contributed by atoms with Crippen LogP contribution < -0.4 is 5.73 Å². The molecule has 2 aromatic rings. The number of hydrogen-bond donors (Lipinski definition) is 1. The fraction of sp³-hybridized carbons (Fsp3) is 0.267. The minimum absolute atomic E-state index is 0.116. The summed E-state index contributed by atoms with van der Waals surface area (Å²) in [6.07, 6.45) is 2.78. The van der Waals surface area contributed by atoms with Crippen LogP contribution in [-0.4, -0.2) is 11.0 Å². The first-order valence-corrected chi connectivity index (χ1v) is 7.07. The molecule has 0 fully saturated rings. The van der Waals surface area contributed by atoms with Crippen LogP contribution in [0.15, 0.2) is 59.6 Å². The lowest BCUT2D eigenvalue weighted by molar-refractivity contribution is 0.624. The van der Waals surface area contributed by atoms with E-state index in [-0.39, 0.29) is 11.3 Å². The van der Waals surface area contributed by atoms with Gasteiger partial charge < -0.3 is 5.73 Å². The van der Waals surface area contributed by atoms with Crippen LogP contribution in [0.5, 0.6) is 0 Å². The molecule has 94 valence electrons. The normalized spacial score (nSPS) is 14.1. The van der Waals surface area contributed by atoms with Crippen LogP contribution >= 0.6 is 11.8 Å². The number of nitrogens with two attached hydrogens (primary N) is 1. The Morgan fingerprint density at radius 1 is 1.11 bits per heavy atom. The fourth-order valence-electron chi connectivity index (χ4n) is 1.77. The van der Waals surface area contributed by atoms with Gasteiger partial charge in [0.05, 0.1) is 10.9 Å². The smallest absolute Gasteiger partial charge is 0.0668 e. The summed E-state index contributed by atoms with van der Waals surface area (Å²) in [6, 6.07) is 16.5. The highest BCUT2D eigenvalue weighted by Crippen LogP contribution is 2.36. The molecule has 18 heavy (non-hydrogen) atoms. The summed E-state index contributed by atoms with van der Waals surface area (Å²) in [5.41, 5.74) is 7.29. The van der Waals surface area contributed by atoms with Gasteiger partial charge in [0.25, 0.3) is 0 Å². The third-order valence-corrected chi connectivity index (χ3v) is 4.24. The molecular formula is C15H18N2S. The molecule has 2 N–H and O–H groups in total. The van der Waals surface area contributed by atoms with Crippen molar-refractivity contribution in [1.29, 1.82) is 0 Å². The maximum absolute atomic E-state index is 6.24. The maximum Gasteiger partial charge on any atom is 0.0668 e. The monoisotopic (exact) mass is 258 g/mol. The third-order valence-electron chi connectivity index (χ3n) is 2.85. The zero-order valence-corrected chi connectivity index (χ0v) is 11.3. The second kappa shape index (κ2) is 6.57. The van der Waals surface area contributed by atoms with Crippen molar-refractivity contribution < 1.29 is 0 Å². The predicted octanol–water partition coefficient (Wildman–Crippen LogP) is 3.65. The van der Waals surface area contributed by atoms with E-state index in [1.54, 1.807) is 11.8 Å². The van der Waals surface area contributed by atoms with Crippen molar-refractivity contribution in [2.45, 2.75) is 29.5 Å². The lowest BCUT2D eigenvalue weighted by Crippen LogP contribution is -2.26. The van der Waals surface area contributed by atoms with E-state index in [2.05, 4.69) is 42.2 Å². The summed E-state index contributed by atoms with van der Waals surface area (Å²) >= 11 is 1.79. The van der Waals surface area contributed by atoms with E-state index in [1.165, 1.54) is 4.90 Å². The lowest BCUT2D eigenvalue weighted by Gasteiger charge is -2.21. The Hall–Kier alpha value is -1.32. The molecule has 0 aliphatic heterocycles. The number of benzene rings is 1. The van der Waals surface area contributed by atoms with E-state index >= 15 is 0 Å². The van der Waals surface area contributed by atoms with E-state index in [0.29, 0.717) is 0 Å². The van der Waals surface area contributed by atoms with E-state index < -0.39 is 0 Å². The molecule has 0 radical (unpaired) electrons. The molecule has 1 aromatic heterocycles. The van der Waals surface area contributed by atoms with Gasteiger partial charge in [0, 0.05) is 17.1 Å². The molecule has 0 saturated carbocycles. The molecule has 2 atom stereocenters. The molecule has 1 heterocycles. The first-order valence-electron chi connectivity index (χ1n) is 6.19. The lowest BCUT2D eigenvalue weighted by atomic mass is 10.1. The summed E-state index contributed by atoms with van der Waals surface area (Å²) in [7, 11) is 0. The van der Waals surface area contributed by atoms with Crippen LogP contribution in [0.1, 0.15) is 24.3 Å². The van der Waals surface area contributed by atoms with E-state index in [1.807, 2.05) is 24.4 Å². The Labute approximate surface area is 113 Å². The molecular weight excluding hydrogens is 240 g/mol. The summed E-state index contributed by atoms with van der Waals surface area (Å²) in [5.74, 6) is 0. The van der Waals surface area contributed by atoms with Crippen LogP contribution in [0.3, 0.4) is 0 Å². The fourth-order valence-corrected chi connectivity index (χ4v) is 3.01. The van der Waals surface area contributed by atoms with E-state index in [0.717, 1.165) is 12.1 Å². The Balaban J connectivity index is 2.21. The van der Waals surface area contributed by atoms with Gasteiger partial charge in [-0.25, -0.2) is 0 Å². The van der Waals surface area contributed by atoms with E-state index in [9.17, 15) is 0 Å². The van der Waals surface area contributed by atoms with Crippen molar-refractivity contribution in [1.82, 2.24) is 4.98 Å². The molecule has 0 spiro atoms. The first-order chi connectivity index (χ1) is 8.81. The highest BCUT2D eigenvalue weighted by atomic mass is 32.2. The quantitative estimate of drug-likeness (QED) is 0.832. The van der Waals surface area contributed by atoms with Gasteiger partial charge in [-0.2, -0.15) is 0 Å². The molecule has 3 heteroatoms. The molecule has 2 rings (SSSR count). The SMILES string of the molecule is CCC(N)C(Sc1ccccc1)c1ccccn1. The zero-order valence-electron chi connectivity index (χ0n) is 10.5. The van der Waals surface area contributed by atoms with Gasteiger partial charge in [0.15, 0.2) is 0 Å².